The molecule has 4 nitrogen and oxygen atoms in total. The van der Waals surface area contributed by atoms with Crippen molar-refractivity contribution in [3.8, 4) is 0 Å². The second kappa shape index (κ2) is 8.43. The summed E-state index contributed by atoms with van der Waals surface area (Å²) in [5.74, 6) is -0.232. The van der Waals surface area contributed by atoms with Crippen molar-refractivity contribution < 1.29 is 14.7 Å². The summed E-state index contributed by atoms with van der Waals surface area (Å²) in [5, 5.41) is 12.1. The van der Waals surface area contributed by atoms with Crippen molar-refractivity contribution in [2.24, 2.45) is 0 Å². The third kappa shape index (κ3) is 6.15. The minimum atomic E-state index is -0.501. The SMILES string of the molecule is CCCC(O)CNC(=O)CCC(=O)c1ccccc1. The van der Waals surface area contributed by atoms with Crippen LogP contribution in [0.2, 0.25) is 0 Å². The molecule has 0 heterocycles. The fourth-order valence-electron chi connectivity index (χ4n) is 1.75. The van der Waals surface area contributed by atoms with Crippen molar-refractivity contribution in [2.45, 2.75) is 38.7 Å². The van der Waals surface area contributed by atoms with E-state index in [0.717, 1.165) is 6.42 Å². The number of aliphatic hydroxyl groups is 1. The molecule has 4 heteroatoms. The van der Waals surface area contributed by atoms with E-state index in [1.165, 1.54) is 0 Å². The highest BCUT2D eigenvalue weighted by Crippen LogP contribution is 2.05. The number of amides is 1. The lowest BCUT2D eigenvalue weighted by molar-refractivity contribution is -0.121. The van der Waals surface area contributed by atoms with Gasteiger partial charge in [0.1, 0.15) is 0 Å². The lowest BCUT2D eigenvalue weighted by atomic mass is 10.1. The Morgan fingerprint density at radius 1 is 1.21 bits per heavy atom. The maximum Gasteiger partial charge on any atom is 0.220 e. The van der Waals surface area contributed by atoms with Crippen molar-refractivity contribution in [1.82, 2.24) is 5.32 Å². The van der Waals surface area contributed by atoms with Gasteiger partial charge in [-0.1, -0.05) is 43.7 Å². The van der Waals surface area contributed by atoms with Crippen LogP contribution in [0.4, 0.5) is 0 Å². The molecule has 1 unspecified atom stereocenters. The highest BCUT2D eigenvalue weighted by Gasteiger charge is 2.10. The third-order valence-corrected chi connectivity index (χ3v) is 2.83. The molecule has 19 heavy (non-hydrogen) atoms. The van der Waals surface area contributed by atoms with E-state index in [-0.39, 0.29) is 31.1 Å². The molecule has 1 aromatic carbocycles. The van der Waals surface area contributed by atoms with Crippen LogP contribution in [0.1, 0.15) is 43.0 Å². The molecular formula is C15H21NO3. The number of carbonyl (C=O) groups excluding carboxylic acids is 2. The summed E-state index contributed by atoms with van der Waals surface area (Å²) in [4.78, 5) is 23.3. The first kappa shape index (κ1) is 15.4. The summed E-state index contributed by atoms with van der Waals surface area (Å²) in [7, 11) is 0. The van der Waals surface area contributed by atoms with Crippen LogP contribution in [-0.2, 0) is 4.79 Å². The number of aliphatic hydroxyl groups excluding tert-OH is 1. The normalized spacial score (nSPS) is 11.9. The predicted molar refractivity (Wildman–Crippen MR) is 73.9 cm³/mol. The second-order valence-electron chi connectivity index (χ2n) is 4.54. The van der Waals surface area contributed by atoms with Crippen molar-refractivity contribution in [3.05, 3.63) is 35.9 Å². The van der Waals surface area contributed by atoms with Gasteiger partial charge in [-0.3, -0.25) is 9.59 Å². The molecule has 0 bridgehead atoms. The van der Waals surface area contributed by atoms with E-state index >= 15 is 0 Å². The van der Waals surface area contributed by atoms with Gasteiger partial charge in [0.05, 0.1) is 6.10 Å². The molecule has 0 radical (unpaired) electrons. The Bertz CT molecular complexity index is 403. The Balaban J connectivity index is 2.25. The minimum absolute atomic E-state index is 0.0372. The van der Waals surface area contributed by atoms with Crippen molar-refractivity contribution in [1.29, 1.82) is 0 Å². The van der Waals surface area contributed by atoms with E-state index in [9.17, 15) is 14.7 Å². The zero-order valence-electron chi connectivity index (χ0n) is 11.3. The van der Waals surface area contributed by atoms with E-state index in [2.05, 4.69) is 5.32 Å². The molecule has 2 N–H and O–H groups in total. The summed E-state index contributed by atoms with van der Waals surface area (Å²) in [5.41, 5.74) is 0.626. The fourth-order valence-corrected chi connectivity index (χ4v) is 1.75. The predicted octanol–water partition coefficient (Wildman–Crippen LogP) is 1.93. The van der Waals surface area contributed by atoms with Crippen LogP contribution in [-0.4, -0.2) is 29.4 Å². The zero-order valence-corrected chi connectivity index (χ0v) is 11.3. The molecule has 104 valence electrons. The minimum Gasteiger partial charge on any atom is -0.391 e. The standard InChI is InChI=1S/C15H21NO3/c1-2-6-13(17)11-16-15(19)10-9-14(18)12-7-4-3-5-8-12/h3-5,7-8,13,17H,2,6,9-11H2,1H3,(H,16,19). The van der Waals surface area contributed by atoms with Gasteiger partial charge in [0, 0.05) is 24.9 Å². The summed E-state index contributed by atoms with van der Waals surface area (Å²) in [6, 6.07) is 8.93. The summed E-state index contributed by atoms with van der Waals surface area (Å²) >= 11 is 0. The van der Waals surface area contributed by atoms with E-state index in [4.69, 9.17) is 0 Å². The van der Waals surface area contributed by atoms with Gasteiger partial charge >= 0.3 is 0 Å². The highest BCUT2D eigenvalue weighted by atomic mass is 16.3. The van der Waals surface area contributed by atoms with Crippen LogP contribution in [0.3, 0.4) is 0 Å². The average Bonchev–Trinajstić information content (AvgIpc) is 2.44. The van der Waals surface area contributed by atoms with Gasteiger partial charge in [0.15, 0.2) is 5.78 Å². The lowest BCUT2D eigenvalue weighted by Crippen LogP contribution is -2.32. The first-order valence-electron chi connectivity index (χ1n) is 6.66. The Hall–Kier alpha value is -1.68. The lowest BCUT2D eigenvalue weighted by Gasteiger charge is -2.10. The summed E-state index contributed by atoms with van der Waals surface area (Å²) in [6.07, 6.45) is 1.40. The van der Waals surface area contributed by atoms with Gasteiger partial charge in [-0.25, -0.2) is 0 Å². The molecule has 1 aromatic rings. The summed E-state index contributed by atoms with van der Waals surface area (Å²) < 4.78 is 0. The first-order valence-corrected chi connectivity index (χ1v) is 6.66. The Kier molecular flexibility index (Phi) is 6.82. The average molecular weight is 263 g/mol. The second-order valence-corrected chi connectivity index (χ2v) is 4.54. The highest BCUT2D eigenvalue weighted by molar-refractivity contribution is 5.97. The number of rotatable bonds is 8. The maximum absolute atomic E-state index is 11.8. The maximum atomic E-state index is 11.8. The van der Waals surface area contributed by atoms with Gasteiger partial charge in [-0.2, -0.15) is 0 Å². The topological polar surface area (TPSA) is 66.4 Å². The van der Waals surface area contributed by atoms with Crippen LogP contribution >= 0.6 is 0 Å². The van der Waals surface area contributed by atoms with Gasteiger partial charge in [-0.05, 0) is 6.42 Å². The fraction of sp³-hybridized carbons (Fsp3) is 0.467. The van der Waals surface area contributed by atoms with Crippen LogP contribution in [0, 0.1) is 0 Å². The van der Waals surface area contributed by atoms with Crippen molar-refractivity contribution in [3.63, 3.8) is 0 Å². The smallest absolute Gasteiger partial charge is 0.220 e. The van der Waals surface area contributed by atoms with E-state index < -0.39 is 6.10 Å². The molecule has 0 fully saturated rings. The molecule has 1 atom stereocenters. The molecule has 0 saturated carbocycles. The number of hydrogen-bond donors (Lipinski definition) is 2. The Labute approximate surface area is 113 Å². The first-order chi connectivity index (χ1) is 9.13. The van der Waals surface area contributed by atoms with Gasteiger partial charge in [0.25, 0.3) is 0 Å². The van der Waals surface area contributed by atoms with Gasteiger partial charge in [-0.15, -0.1) is 0 Å². The van der Waals surface area contributed by atoms with Gasteiger partial charge in [0.2, 0.25) is 5.91 Å². The largest absolute Gasteiger partial charge is 0.391 e. The molecule has 0 aliphatic rings. The Morgan fingerprint density at radius 3 is 2.53 bits per heavy atom. The molecule has 1 amide bonds. The molecule has 0 aliphatic heterocycles. The zero-order chi connectivity index (χ0) is 14.1. The van der Waals surface area contributed by atoms with Crippen molar-refractivity contribution in [2.75, 3.05) is 6.54 Å². The number of nitrogens with one attached hydrogen (secondary N) is 1. The number of benzene rings is 1. The molecular weight excluding hydrogens is 242 g/mol. The van der Waals surface area contributed by atoms with Crippen molar-refractivity contribution >= 4 is 11.7 Å². The number of hydrogen-bond acceptors (Lipinski definition) is 3. The van der Waals surface area contributed by atoms with Crippen LogP contribution in [0.15, 0.2) is 30.3 Å². The number of ketones is 1. The number of Topliss-reactive ketones (excluding diaryl/α,β-unsaturated/α-hetero) is 1. The molecule has 1 rings (SSSR count). The quantitative estimate of drug-likeness (QED) is 0.704. The molecule has 0 saturated heterocycles. The molecule has 0 aliphatic carbocycles. The third-order valence-electron chi connectivity index (χ3n) is 2.83. The van der Waals surface area contributed by atoms with E-state index in [1.807, 2.05) is 13.0 Å². The summed E-state index contributed by atoms with van der Waals surface area (Å²) in [6.45, 7) is 2.23. The van der Waals surface area contributed by atoms with Crippen LogP contribution < -0.4 is 5.32 Å². The van der Waals surface area contributed by atoms with E-state index in [0.29, 0.717) is 12.0 Å². The number of carbonyl (C=O) groups is 2. The Morgan fingerprint density at radius 2 is 1.89 bits per heavy atom. The van der Waals surface area contributed by atoms with Crippen LogP contribution in [0.5, 0.6) is 0 Å². The molecule has 0 spiro atoms. The van der Waals surface area contributed by atoms with Crippen LogP contribution in [0.25, 0.3) is 0 Å². The van der Waals surface area contributed by atoms with Gasteiger partial charge < -0.3 is 10.4 Å². The monoisotopic (exact) mass is 263 g/mol. The molecule has 0 aromatic heterocycles. The van der Waals surface area contributed by atoms with E-state index in [1.54, 1.807) is 24.3 Å².